The van der Waals surface area contributed by atoms with Crippen molar-refractivity contribution in [2.45, 2.75) is 13.0 Å². The van der Waals surface area contributed by atoms with Gasteiger partial charge >= 0.3 is 0 Å². The van der Waals surface area contributed by atoms with Crippen molar-refractivity contribution >= 4 is 40.3 Å². The van der Waals surface area contributed by atoms with Crippen molar-refractivity contribution in [2.75, 3.05) is 5.73 Å². The first-order valence-corrected chi connectivity index (χ1v) is 7.88. The Morgan fingerprint density at radius 1 is 1.33 bits per heavy atom. The molecule has 24 heavy (non-hydrogen) atoms. The lowest BCUT2D eigenvalue weighted by molar-refractivity contribution is -0.117. The smallest absolute Gasteiger partial charge is 0.244 e. The van der Waals surface area contributed by atoms with E-state index in [2.05, 4.69) is 15.5 Å². The van der Waals surface area contributed by atoms with E-state index in [1.54, 1.807) is 12.1 Å². The van der Waals surface area contributed by atoms with Gasteiger partial charge in [-0.1, -0.05) is 29.8 Å². The third-order valence-corrected chi connectivity index (χ3v) is 3.99. The fourth-order valence-electron chi connectivity index (χ4n) is 2.45. The Kier molecular flexibility index (Phi) is 4.53. The van der Waals surface area contributed by atoms with Crippen LogP contribution in [0.3, 0.4) is 0 Å². The van der Waals surface area contributed by atoms with Crippen molar-refractivity contribution in [3.63, 3.8) is 0 Å². The molecule has 5 nitrogen and oxygen atoms in total. The molecule has 0 fully saturated rings. The van der Waals surface area contributed by atoms with Crippen LogP contribution >= 0.6 is 11.6 Å². The lowest BCUT2D eigenvalue weighted by Gasteiger charge is -2.13. The Morgan fingerprint density at radius 2 is 2.17 bits per heavy atom. The fraction of sp³-hybridized carbons (Fsp3) is 0.111. The molecule has 1 heterocycles. The molecular weight excluding hydrogens is 324 g/mol. The first kappa shape index (κ1) is 16.1. The highest BCUT2D eigenvalue weighted by molar-refractivity contribution is 6.30. The number of anilines is 1. The van der Waals surface area contributed by atoms with Gasteiger partial charge in [0.1, 0.15) is 0 Å². The summed E-state index contributed by atoms with van der Waals surface area (Å²) in [6.07, 6.45) is 3.24. The Morgan fingerprint density at radius 3 is 2.96 bits per heavy atom. The van der Waals surface area contributed by atoms with Crippen LogP contribution in [0.4, 0.5) is 5.82 Å². The van der Waals surface area contributed by atoms with Gasteiger partial charge in [-0.3, -0.25) is 9.89 Å². The molecule has 4 N–H and O–H groups in total. The van der Waals surface area contributed by atoms with Crippen LogP contribution in [-0.4, -0.2) is 16.1 Å². The normalized spacial score (nSPS) is 12.6. The maximum absolute atomic E-state index is 12.1. The van der Waals surface area contributed by atoms with Crippen LogP contribution in [0.1, 0.15) is 24.1 Å². The summed E-state index contributed by atoms with van der Waals surface area (Å²) in [5, 5.41) is 11.2. The number of halogens is 1. The average Bonchev–Trinajstić information content (AvgIpc) is 2.94. The number of amides is 1. The van der Waals surface area contributed by atoms with Gasteiger partial charge in [0.05, 0.1) is 11.6 Å². The van der Waals surface area contributed by atoms with E-state index in [-0.39, 0.29) is 11.9 Å². The predicted molar refractivity (Wildman–Crippen MR) is 97.5 cm³/mol. The Hall–Kier alpha value is -2.79. The molecule has 122 valence electrons. The minimum absolute atomic E-state index is 0.132. The summed E-state index contributed by atoms with van der Waals surface area (Å²) in [7, 11) is 0. The van der Waals surface area contributed by atoms with E-state index >= 15 is 0 Å². The van der Waals surface area contributed by atoms with E-state index < -0.39 is 0 Å². The zero-order valence-corrected chi connectivity index (χ0v) is 13.8. The molecule has 1 unspecified atom stereocenters. The van der Waals surface area contributed by atoms with Gasteiger partial charge < -0.3 is 11.1 Å². The van der Waals surface area contributed by atoms with Crippen molar-refractivity contribution in [2.24, 2.45) is 0 Å². The Balaban J connectivity index is 1.68. The van der Waals surface area contributed by atoms with Gasteiger partial charge in [-0.25, -0.2) is 0 Å². The number of hydrogen-bond donors (Lipinski definition) is 3. The van der Waals surface area contributed by atoms with Gasteiger partial charge in [0, 0.05) is 16.5 Å². The van der Waals surface area contributed by atoms with Crippen LogP contribution < -0.4 is 11.1 Å². The molecule has 3 rings (SSSR count). The lowest BCUT2D eigenvalue weighted by atomic mass is 10.1. The number of nitrogen functional groups attached to an aromatic ring is 1. The van der Waals surface area contributed by atoms with E-state index in [9.17, 15) is 4.79 Å². The van der Waals surface area contributed by atoms with E-state index in [1.807, 2.05) is 43.3 Å². The topological polar surface area (TPSA) is 83.8 Å². The largest absolute Gasteiger partial charge is 0.382 e. The van der Waals surface area contributed by atoms with E-state index in [0.717, 1.165) is 22.0 Å². The number of fused-ring (bicyclic) bond motifs is 1. The molecule has 0 saturated heterocycles. The summed E-state index contributed by atoms with van der Waals surface area (Å²) >= 11 is 5.97. The maximum atomic E-state index is 12.1. The van der Waals surface area contributed by atoms with Gasteiger partial charge in [-0.15, -0.1) is 0 Å². The fourth-order valence-corrected chi connectivity index (χ4v) is 2.65. The Labute approximate surface area is 144 Å². The van der Waals surface area contributed by atoms with Crippen LogP contribution in [0.2, 0.25) is 5.02 Å². The number of nitrogens with one attached hydrogen (secondary N) is 2. The highest BCUT2D eigenvalue weighted by Crippen LogP contribution is 2.20. The molecule has 1 amide bonds. The molecule has 0 radical (unpaired) electrons. The molecule has 1 atom stereocenters. The molecule has 2 aromatic carbocycles. The molecule has 0 saturated carbocycles. The SMILES string of the molecule is CC(NC(=O)C=Cc1ccc2[nH]nc(N)c2c1)c1cccc(Cl)c1. The molecule has 1 aromatic heterocycles. The molecule has 0 aliphatic heterocycles. The molecule has 3 aromatic rings. The molecule has 0 aliphatic rings. The van der Waals surface area contributed by atoms with Crippen LogP contribution in [0.15, 0.2) is 48.5 Å². The minimum Gasteiger partial charge on any atom is -0.382 e. The first-order valence-electron chi connectivity index (χ1n) is 7.50. The number of nitrogens with zero attached hydrogens (tertiary/aromatic N) is 1. The van der Waals surface area contributed by atoms with Gasteiger partial charge in [0.15, 0.2) is 5.82 Å². The molecule has 6 heteroatoms. The number of hydrogen-bond acceptors (Lipinski definition) is 3. The highest BCUT2D eigenvalue weighted by atomic mass is 35.5. The van der Waals surface area contributed by atoms with E-state index in [4.69, 9.17) is 17.3 Å². The van der Waals surface area contributed by atoms with Gasteiger partial charge in [-0.05, 0) is 48.4 Å². The number of carbonyl (C=O) groups excluding carboxylic acids is 1. The third kappa shape index (κ3) is 3.58. The molecule has 0 aliphatic carbocycles. The van der Waals surface area contributed by atoms with Crippen molar-refractivity contribution in [1.82, 2.24) is 15.5 Å². The van der Waals surface area contributed by atoms with E-state index in [1.165, 1.54) is 6.08 Å². The number of benzene rings is 2. The van der Waals surface area contributed by atoms with Gasteiger partial charge in [0.25, 0.3) is 0 Å². The number of carbonyl (C=O) groups is 1. The number of aromatic amines is 1. The van der Waals surface area contributed by atoms with Crippen molar-refractivity contribution in [3.8, 4) is 0 Å². The minimum atomic E-state index is -0.178. The number of aromatic nitrogens is 2. The Bertz CT molecular complexity index is 916. The molecular formula is C18H17ClN4O. The van der Waals surface area contributed by atoms with Crippen molar-refractivity contribution < 1.29 is 4.79 Å². The second-order valence-electron chi connectivity index (χ2n) is 5.53. The first-order chi connectivity index (χ1) is 11.5. The number of H-pyrrole nitrogens is 1. The standard InChI is InChI=1S/C18H17ClN4O/c1-11(13-3-2-4-14(19)10-13)21-17(24)8-6-12-5-7-16-15(9-12)18(20)23-22-16/h2-11H,1H3,(H,21,24)(H3,20,22,23). The summed E-state index contributed by atoms with van der Waals surface area (Å²) in [5.41, 5.74) is 8.48. The van der Waals surface area contributed by atoms with E-state index in [0.29, 0.717) is 10.8 Å². The van der Waals surface area contributed by atoms with Crippen LogP contribution in [-0.2, 0) is 4.79 Å². The van der Waals surface area contributed by atoms with Gasteiger partial charge in [-0.2, -0.15) is 5.10 Å². The van der Waals surface area contributed by atoms with Crippen molar-refractivity contribution in [1.29, 1.82) is 0 Å². The van der Waals surface area contributed by atoms with Crippen molar-refractivity contribution in [3.05, 3.63) is 64.7 Å². The second-order valence-corrected chi connectivity index (χ2v) is 5.97. The summed E-state index contributed by atoms with van der Waals surface area (Å²) < 4.78 is 0. The summed E-state index contributed by atoms with van der Waals surface area (Å²) in [5.74, 6) is 0.266. The maximum Gasteiger partial charge on any atom is 0.244 e. The summed E-state index contributed by atoms with van der Waals surface area (Å²) in [6.45, 7) is 1.91. The summed E-state index contributed by atoms with van der Waals surface area (Å²) in [4.78, 5) is 12.1. The zero-order valence-electron chi connectivity index (χ0n) is 13.1. The van der Waals surface area contributed by atoms with Crippen LogP contribution in [0.5, 0.6) is 0 Å². The number of nitrogens with two attached hydrogens (primary N) is 1. The highest BCUT2D eigenvalue weighted by Gasteiger charge is 2.08. The monoisotopic (exact) mass is 340 g/mol. The average molecular weight is 341 g/mol. The van der Waals surface area contributed by atoms with Crippen LogP contribution in [0.25, 0.3) is 17.0 Å². The third-order valence-electron chi connectivity index (χ3n) is 3.75. The molecule has 0 spiro atoms. The van der Waals surface area contributed by atoms with Crippen LogP contribution in [0, 0.1) is 0 Å². The van der Waals surface area contributed by atoms with Gasteiger partial charge in [0.2, 0.25) is 5.91 Å². The predicted octanol–water partition coefficient (Wildman–Crippen LogP) is 3.69. The quantitative estimate of drug-likeness (QED) is 0.633. The number of rotatable bonds is 4. The lowest BCUT2D eigenvalue weighted by Crippen LogP contribution is -2.24. The zero-order chi connectivity index (χ0) is 17.1. The summed E-state index contributed by atoms with van der Waals surface area (Å²) in [6, 6.07) is 13.0. The molecule has 0 bridgehead atoms. The second kappa shape index (κ2) is 6.76.